The minimum Gasteiger partial charge on any atom is -0.310 e. The van der Waals surface area contributed by atoms with Gasteiger partial charge in [0.1, 0.15) is 5.52 Å². The maximum atomic E-state index is 13.1. The van der Waals surface area contributed by atoms with Gasteiger partial charge in [-0.05, 0) is 30.9 Å². The highest BCUT2D eigenvalue weighted by atomic mass is 16.1. The number of hydrogen-bond acceptors (Lipinski definition) is 4. The van der Waals surface area contributed by atoms with E-state index in [0.717, 1.165) is 41.6 Å². The molecule has 1 aromatic carbocycles. The Morgan fingerprint density at radius 1 is 1.04 bits per heavy atom. The molecule has 0 saturated heterocycles. The van der Waals surface area contributed by atoms with Crippen molar-refractivity contribution in [3.8, 4) is 11.1 Å². The Labute approximate surface area is 162 Å². The average molecular weight is 373 g/mol. The Balaban J connectivity index is 1.74. The molecular formula is C22H23N5O. The molecule has 0 spiro atoms. The second-order valence-electron chi connectivity index (χ2n) is 7.53. The lowest BCUT2D eigenvalue weighted by Crippen LogP contribution is -2.27. The van der Waals surface area contributed by atoms with Crippen LogP contribution in [0.1, 0.15) is 50.8 Å². The Bertz CT molecular complexity index is 1200. The maximum absolute atomic E-state index is 13.1. The summed E-state index contributed by atoms with van der Waals surface area (Å²) in [7, 11) is 0. The van der Waals surface area contributed by atoms with Crippen molar-refractivity contribution in [2.75, 3.05) is 0 Å². The van der Waals surface area contributed by atoms with E-state index in [1.807, 2.05) is 35.0 Å². The molecule has 0 atom stereocenters. The van der Waals surface area contributed by atoms with Crippen molar-refractivity contribution in [2.45, 2.75) is 51.5 Å². The molecule has 4 aromatic rings. The van der Waals surface area contributed by atoms with Gasteiger partial charge in [0.25, 0.3) is 5.56 Å². The summed E-state index contributed by atoms with van der Waals surface area (Å²) in [5.41, 5.74) is 4.78. The molecule has 28 heavy (non-hydrogen) atoms. The van der Waals surface area contributed by atoms with Gasteiger partial charge >= 0.3 is 0 Å². The molecule has 0 bridgehead atoms. The molecule has 142 valence electrons. The number of nitrogens with zero attached hydrogens (tertiary/aromatic N) is 5. The first kappa shape index (κ1) is 17.1. The molecule has 1 aliphatic rings. The largest absolute Gasteiger partial charge is 0.310 e. The van der Waals surface area contributed by atoms with Gasteiger partial charge in [0.15, 0.2) is 11.2 Å². The third-order valence-electron chi connectivity index (χ3n) is 5.84. The molecule has 5 rings (SSSR count). The van der Waals surface area contributed by atoms with Gasteiger partial charge in [-0.1, -0.05) is 56.5 Å². The van der Waals surface area contributed by atoms with Gasteiger partial charge in [-0.25, -0.2) is 4.52 Å². The fourth-order valence-electron chi connectivity index (χ4n) is 4.40. The highest BCUT2D eigenvalue weighted by Gasteiger charge is 2.21. The van der Waals surface area contributed by atoms with Gasteiger partial charge < -0.3 is 4.57 Å². The van der Waals surface area contributed by atoms with Crippen molar-refractivity contribution in [2.24, 2.45) is 0 Å². The molecule has 3 heterocycles. The van der Waals surface area contributed by atoms with E-state index in [2.05, 4.69) is 29.3 Å². The van der Waals surface area contributed by atoms with Crippen molar-refractivity contribution < 1.29 is 0 Å². The summed E-state index contributed by atoms with van der Waals surface area (Å²) in [5, 5.41) is 13.6. The van der Waals surface area contributed by atoms with E-state index in [-0.39, 0.29) is 11.6 Å². The number of fused-ring (bicyclic) bond motifs is 3. The van der Waals surface area contributed by atoms with Crippen molar-refractivity contribution in [1.82, 2.24) is 24.4 Å². The summed E-state index contributed by atoms with van der Waals surface area (Å²) in [6.07, 6.45) is 8.43. The van der Waals surface area contributed by atoms with E-state index in [0.29, 0.717) is 11.2 Å². The van der Waals surface area contributed by atoms with E-state index in [1.54, 1.807) is 4.52 Å². The first-order valence-electron chi connectivity index (χ1n) is 10.1. The number of hydrogen-bond donors (Lipinski definition) is 0. The summed E-state index contributed by atoms with van der Waals surface area (Å²) >= 11 is 0. The summed E-state index contributed by atoms with van der Waals surface area (Å²) in [6.45, 7) is 2.08. The lowest BCUT2D eigenvalue weighted by Gasteiger charge is -2.23. The van der Waals surface area contributed by atoms with Crippen LogP contribution in [-0.4, -0.2) is 24.4 Å². The van der Waals surface area contributed by atoms with Crippen LogP contribution in [0.2, 0.25) is 0 Å². The van der Waals surface area contributed by atoms with E-state index in [1.165, 1.54) is 19.3 Å². The summed E-state index contributed by atoms with van der Waals surface area (Å²) in [4.78, 5) is 13.1. The Kier molecular flexibility index (Phi) is 4.19. The van der Waals surface area contributed by atoms with Crippen LogP contribution in [0.5, 0.6) is 0 Å². The number of rotatable bonds is 3. The van der Waals surface area contributed by atoms with Crippen LogP contribution >= 0.6 is 0 Å². The molecule has 3 aromatic heterocycles. The second-order valence-corrected chi connectivity index (χ2v) is 7.53. The van der Waals surface area contributed by atoms with Crippen LogP contribution in [-0.2, 0) is 6.42 Å². The summed E-state index contributed by atoms with van der Waals surface area (Å²) in [6, 6.07) is 12.4. The molecule has 0 amide bonds. The van der Waals surface area contributed by atoms with E-state index < -0.39 is 0 Å². The van der Waals surface area contributed by atoms with Crippen molar-refractivity contribution in [3.05, 3.63) is 58.6 Å². The SMILES string of the molecule is CCc1nn2c(nnc3c(=O)n(C4CCCCC4)ccc32)c1-c1ccccc1. The zero-order valence-corrected chi connectivity index (χ0v) is 16.0. The van der Waals surface area contributed by atoms with Gasteiger partial charge in [0.2, 0.25) is 0 Å². The third kappa shape index (κ3) is 2.63. The van der Waals surface area contributed by atoms with Crippen molar-refractivity contribution >= 4 is 16.7 Å². The van der Waals surface area contributed by atoms with Gasteiger partial charge in [-0.3, -0.25) is 4.79 Å². The molecule has 1 saturated carbocycles. The highest BCUT2D eigenvalue weighted by Crippen LogP contribution is 2.30. The maximum Gasteiger partial charge on any atom is 0.280 e. The Hall–Kier alpha value is -3.02. The van der Waals surface area contributed by atoms with E-state index >= 15 is 0 Å². The summed E-state index contributed by atoms with van der Waals surface area (Å²) in [5.74, 6) is 0. The van der Waals surface area contributed by atoms with Crippen LogP contribution in [0, 0.1) is 0 Å². The molecule has 1 aliphatic carbocycles. The lowest BCUT2D eigenvalue weighted by molar-refractivity contribution is 0.347. The number of aromatic nitrogens is 5. The zero-order valence-electron chi connectivity index (χ0n) is 16.0. The third-order valence-corrected chi connectivity index (χ3v) is 5.84. The predicted molar refractivity (Wildman–Crippen MR) is 109 cm³/mol. The van der Waals surface area contributed by atoms with Crippen molar-refractivity contribution in [3.63, 3.8) is 0 Å². The molecule has 0 unspecified atom stereocenters. The topological polar surface area (TPSA) is 65.1 Å². The van der Waals surface area contributed by atoms with Crippen LogP contribution in [0.15, 0.2) is 47.4 Å². The molecule has 0 aliphatic heterocycles. The predicted octanol–water partition coefficient (Wildman–Crippen LogP) is 4.17. The molecule has 0 N–H and O–H groups in total. The molecule has 6 nitrogen and oxygen atoms in total. The van der Waals surface area contributed by atoms with E-state index in [4.69, 9.17) is 5.10 Å². The quantitative estimate of drug-likeness (QED) is 0.540. The van der Waals surface area contributed by atoms with Gasteiger partial charge in [-0.2, -0.15) is 5.10 Å². The minimum absolute atomic E-state index is 0.0615. The molecule has 6 heteroatoms. The van der Waals surface area contributed by atoms with Crippen LogP contribution in [0.25, 0.3) is 27.8 Å². The van der Waals surface area contributed by atoms with Crippen LogP contribution < -0.4 is 5.56 Å². The number of pyridine rings is 1. The first-order chi connectivity index (χ1) is 13.8. The summed E-state index contributed by atoms with van der Waals surface area (Å²) < 4.78 is 3.64. The smallest absolute Gasteiger partial charge is 0.280 e. The molecular weight excluding hydrogens is 350 g/mol. The van der Waals surface area contributed by atoms with E-state index in [9.17, 15) is 4.79 Å². The molecule has 0 radical (unpaired) electrons. The highest BCUT2D eigenvalue weighted by molar-refractivity contribution is 5.84. The van der Waals surface area contributed by atoms with Gasteiger partial charge in [0, 0.05) is 12.2 Å². The standard InChI is InChI=1S/C22H23N5O/c1-2-17-19(15-9-5-3-6-10-15)21-24-23-20-18(27(21)25-17)13-14-26(22(20)28)16-11-7-4-8-12-16/h3,5-6,9-10,13-14,16H,2,4,7-8,11-12H2,1H3. The first-order valence-corrected chi connectivity index (χ1v) is 10.1. The van der Waals surface area contributed by atoms with Gasteiger partial charge in [-0.15, -0.1) is 10.2 Å². The van der Waals surface area contributed by atoms with Crippen molar-refractivity contribution in [1.29, 1.82) is 0 Å². The van der Waals surface area contributed by atoms with Crippen LogP contribution in [0.4, 0.5) is 0 Å². The minimum atomic E-state index is -0.0615. The average Bonchev–Trinajstić information content (AvgIpc) is 3.14. The Morgan fingerprint density at radius 2 is 1.82 bits per heavy atom. The Morgan fingerprint density at radius 3 is 2.57 bits per heavy atom. The van der Waals surface area contributed by atoms with Gasteiger partial charge in [0.05, 0.1) is 11.3 Å². The number of benzene rings is 1. The normalized spacial score (nSPS) is 15.5. The number of aryl methyl sites for hydroxylation is 1. The second kappa shape index (κ2) is 6.86. The monoisotopic (exact) mass is 373 g/mol. The van der Waals surface area contributed by atoms with Crippen LogP contribution in [0.3, 0.4) is 0 Å². The molecule has 1 fully saturated rings. The fraction of sp³-hybridized carbons (Fsp3) is 0.364. The fourth-order valence-corrected chi connectivity index (χ4v) is 4.40. The zero-order chi connectivity index (χ0) is 19.1. The lowest BCUT2D eigenvalue weighted by atomic mass is 9.95.